The first kappa shape index (κ1) is 14.6. The molecule has 0 aromatic heterocycles. The summed E-state index contributed by atoms with van der Waals surface area (Å²) < 4.78 is 0. The van der Waals surface area contributed by atoms with Crippen LogP contribution in [0.25, 0.3) is 0 Å². The Balaban J connectivity index is 3.99. The number of rotatable bonds is 7. The lowest BCUT2D eigenvalue weighted by atomic mass is 9.80. The molecule has 0 saturated carbocycles. The fraction of sp³-hybridized carbons (Fsp3) is 0.818. The van der Waals surface area contributed by atoms with E-state index in [4.69, 9.17) is 0 Å². The Morgan fingerprint density at radius 3 is 2.33 bits per heavy atom. The molecule has 15 heavy (non-hydrogen) atoms. The number of thiocarbonyl (C=S) groups is 2. The summed E-state index contributed by atoms with van der Waals surface area (Å²) in [7, 11) is 0. The van der Waals surface area contributed by atoms with Gasteiger partial charge in [0.05, 0.1) is 16.9 Å². The minimum atomic E-state index is 0.270. The highest BCUT2D eigenvalue weighted by molar-refractivity contribution is 7.78. The molecule has 0 fully saturated rings. The van der Waals surface area contributed by atoms with E-state index in [2.05, 4.69) is 65.5 Å². The molecule has 0 aromatic carbocycles. The van der Waals surface area contributed by atoms with Crippen molar-refractivity contribution in [2.75, 3.05) is 13.1 Å². The van der Waals surface area contributed by atoms with Gasteiger partial charge in [0.25, 0.3) is 0 Å². The van der Waals surface area contributed by atoms with E-state index < -0.39 is 0 Å². The lowest BCUT2D eigenvalue weighted by molar-refractivity contribution is 0.265. The fourth-order valence-corrected chi connectivity index (χ4v) is 1.87. The third-order valence-electron chi connectivity index (χ3n) is 2.33. The van der Waals surface area contributed by atoms with E-state index >= 15 is 0 Å². The van der Waals surface area contributed by atoms with E-state index in [0.29, 0.717) is 5.92 Å². The van der Waals surface area contributed by atoms with Gasteiger partial charge in [-0.1, -0.05) is 20.8 Å². The zero-order valence-electron chi connectivity index (χ0n) is 9.62. The lowest BCUT2D eigenvalue weighted by Crippen LogP contribution is -2.18. The molecule has 1 unspecified atom stereocenters. The first-order chi connectivity index (χ1) is 7.02. The molecule has 4 heteroatoms. The molecule has 0 aliphatic heterocycles. The summed E-state index contributed by atoms with van der Waals surface area (Å²) in [5.41, 5.74) is 0.270. The highest BCUT2D eigenvalue weighted by Gasteiger charge is 2.20. The molecule has 0 aliphatic rings. The molecular weight excluding hydrogens is 224 g/mol. The quantitative estimate of drug-likeness (QED) is 0.503. The van der Waals surface area contributed by atoms with Crippen molar-refractivity contribution in [2.24, 2.45) is 21.3 Å². The van der Waals surface area contributed by atoms with Crippen molar-refractivity contribution >= 4 is 34.8 Å². The highest BCUT2D eigenvalue weighted by atomic mass is 32.1. The molecule has 0 amide bonds. The molecule has 2 nitrogen and oxygen atoms in total. The van der Waals surface area contributed by atoms with E-state index in [9.17, 15) is 0 Å². The molecule has 0 radical (unpaired) electrons. The second-order valence-electron chi connectivity index (χ2n) is 4.63. The van der Waals surface area contributed by atoms with E-state index in [-0.39, 0.29) is 5.41 Å². The highest BCUT2D eigenvalue weighted by Crippen LogP contribution is 2.29. The van der Waals surface area contributed by atoms with Crippen LogP contribution in [0.4, 0.5) is 0 Å². The Kier molecular flexibility index (Phi) is 7.63. The van der Waals surface area contributed by atoms with Gasteiger partial charge in [0.1, 0.15) is 0 Å². The van der Waals surface area contributed by atoms with Crippen LogP contribution in [0.2, 0.25) is 0 Å². The maximum absolute atomic E-state index is 4.55. The Morgan fingerprint density at radius 1 is 1.20 bits per heavy atom. The third-order valence-corrected chi connectivity index (χ3v) is 2.59. The Bertz CT molecular complexity index is 274. The Morgan fingerprint density at radius 2 is 1.80 bits per heavy atom. The first-order valence-corrected chi connectivity index (χ1v) is 5.91. The molecule has 0 saturated heterocycles. The minimum absolute atomic E-state index is 0.270. The van der Waals surface area contributed by atoms with E-state index in [1.807, 2.05) is 0 Å². The van der Waals surface area contributed by atoms with Gasteiger partial charge in [-0.05, 0) is 48.6 Å². The second-order valence-corrected chi connectivity index (χ2v) is 4.99. The zero-order chi connectivity index (χ0) is 11.7. The van der Waals surface area contributed by atoms with Crippen LogP contribution in [-0.4, -0.2) is 23.4 Å². The van der Waals surface area contributed by atoms with Crippen LogP contribution < -0.4 is 0 Å². The third kappa shape index (κ3) is 8.59. The molecular formula is C11H18N2S2. The average Bonchev–Trinajstić information content (AvgIpc) is 2.14. The first-order valence-electron chi connectivity index (χ1n) is 5.09. The van der Waals surface area contributed by atoms with Crippen molar-refractivity contribution in [2.45, 2.75) is 33.6 Å². The van der Waals surface area contributed by atoms with Gasteiger partial charge >= 0.3 is 0 Å². The summed E-state index contributed by atoms with van der Waals surface area (Å²) in [4.78, 5) is 7.90. The molecule has 0 bridgehead atoms. The molecule has 0 N–H and O–H groups in total. The predicted octanol–water partition coefficient (Wildman–Crippen LogP) is 3.63. The van der Waals surface area contributed by atoms with Crippen molar-refractivity contribution in [3.63, 3.8) is 0 Å². The summed E-state index contributed by atoms with van der Waals surface area (Å²) >= 11 is 9.08. The van der Waals surface area contributed by atoms with Gasteiger partial charge < -0.3 is 0 Å². The van der Waals surface area contributed by atoms with Gasteiger partial charge in [0.15, 0.2) is 0 Å². The molecule has 0 aliphatic carbocycles. The summed E-state index contributed by atoms with van der Waals surface area (Å²) in [6.45, 7) is 8.19. The van der Waals surface area contributed by atoms with E-state index in [1.54, 1.807) is 0 Å². The van der Waals surface area contributed by atoms with Crippen molar-refractivity contribution < 1.29 is 0 Å². The van der Waals surface area contributed by atoms with Crippen LogP contribution in [0.1, 0.15) is 33.6 Å². The molecule has 0 aromatic rings. The smallest absolute Gasteiger partial charge is 0.0585 e. The van der Waals surface area contributed by atoms with Crippen LogP contribution in [-0.2, 0) is 0 Å². The van der Waals surface area contributed by atoms with Gasteiger partial charge in [0, 0.05) is 6.54 Å². The minimum Gasteiger partial charge on any atom is -0.233 e. The van der Waals surface area contributed by atoms with Crippen LogP contribution in [0.5, 0.6) is 0 Å². The predicted molar refractivity (Wildman–Crippen MR) is 72.0 cm³/mol. The van der Waals surface area contributed by atoms with Crippen molar-refractivity contribution in [3.05, 3.63) is 0 Å². The van der Waals surface area contributed by atoms with E-state index in [0.717, 1.165) is 25.9 Å². The van der Waals surface area contributed by atoms with Gasteiger partial charge in [-0.2, -0.15) is 0 Å². The van der Waals surface area contributed by atoms with Gasteiger partial charge in [0.2, 0.25) is 0 Å². The Hall–Kier alpha value is -0.400. The summed E-state index contributed by atoms with van der Waals surface area (Å²) in [5, 5.41) is 4.80. The van der Waals surface area contributed by atoms with Gasteiger partial charge in [-0.25, -0.2) is 9.98 Å². The van der Waals surface area contributed by atoms with Crippen LogP contribution in [0.15, 0.2) is 9.98 Å². The Labute approximate surface area is 103 Å². The topological polar surface area (TPSA) is 24.7 Å². The fourth-order valence-electron chi connectivity index (χ4n) is 1.71. The molecule has 0 heterocycles. The number of aliphatic imine (C=N–C) groups is 2. The SMILES string of the molecule is CC(CN=C=S)CC(C)(C)CCN=C=S. The van der Waals surface area contributed by atoms with Crippen molar-refractivity contribution in [1.82, 2.24) is 0 Å². The van der Waals surface area contributed by atoms with E-state index in [1.165, 1.54) is 0 Å². The largest absolute Gasteiger partial charge is 0.233 e. The standard InChI is InChI=1S/C11H18N2S2/c1-10(7-13-9-15)6-11(2,3)4-5-12-8-14/h10H,4-7H2,1-3H3. The molecule has 0 rings (SSSR count). The van der Waals surface area contributed by atoms with Crippen LogP contribution in [0.3, 0.4) is 0 Å². The average molecular weight is 242 g/mol. The number of hydrogen-bond donors (Lipinski definition) is 0. The van der Waals surface area contributed by atoms with Crippen LogP contribution in [0, 0.1) is 11.3 Å². The maximum atomic E-state index is 4.55. The number of hydrogen-bond acceptors (Lipinski definition) is 4. The summed E-state index contributed by atoms with van der Waals surface area (Å²) in [6, 6.07) is 0. The summed E-state index contributed by atoms with van der Waals surface area (Å²) in [6.07, 6.45) is 2.14. The van der Waals surface area contributed by atoms with Crippen molar-refractivity contribution in [3.8, 4) is 0 Å². The second kappa shape index (κ2) is 7.84. The summed E-state index contributed by atoms with van der Waals surface area (Å²) in [5.74, 6) is 0.534. The monoisotopic (exact) mass is 242 g/mol. The normalized spacial score (nSPS) is 12.5. The molecule has 0 spiro atoms. The lowest BCUT2D eigenvalue weighted by Gasteiger charge is -2.26. The van der Waals surface area contributed by atoms with Gasteiger partial charge in [-0.3, -0.25) is 0 Å². The number of nitrogens with zero attached hydrogens (tertiary/aromatic N) is 2. The van der Waals surface area contributed by atoms with Gasteiger partial charge in [-0.15, -0.1) is 0 Å². The number of isothiocyanates is 2. The van der Waals surface area contributed by atoms with Crippen molar-refractivity contribution in [1.29, 1.82) is 0 Å². The molecule has 1 atom stereocenters. The van der Waals surface area contributed by atoms with Crippen LogP contribution >= 0.6 is 24.4 Å². The molecule has 84 valence electrons. The maximum Gasteiger partial charge on any atom is 0.0585 e. The zero-order valence-corrected chi connectivity index (χ0v) is 11.2.